The van der Waals surface area contributed by atoms with Crippen LogP contribution in [0.3, 0.4) is 0 Å². The highest BCUT2D eigenvalue weighted by atomic mass is 16.6. The minimum atomic E-state index is -0.402. The first-order chi connectivity index (χ1) is 14.5. The van der Waals surface area contributed by atoms with Crippen molar-refractivity contribution in [2.24, 2.45) is 0 Å². The van der Waals surface area contributed by atoms with Gasteiger partial charge in [0.05, 0.1) is 11.6 Å². The number of carbonyl (C=O) groups excluding carboxylic acids is 2. The first-order valence-corrected chi connectivity index (χ1v) is 10.4. The number of aromatic nitrogens is 2. The highest BCUT2D eigenvalue weighted by Crippen LogP contribution is 2.23. The Hall–Kier alpha value is -3.16. The number of amides is 2. The number of ether oxygens (including phenoxy) is 1. The zero-order valence-electron chi connectivity index (χ0n) is 17.7. The number of cyclic esters (lactones) is 1. The second-order valence-corrected chi connectivity index (χ2v) is 7.82. The summed E-state index contributed by atoms with van der Waals surface area (Å²) in [6, 6.07) is 5.55. The smallest absolute Gasteiger partial charge is 0.415 e. The zero-order valence-corrected chi connectivity index (χ0v) is 17.7. The molecule has 8 heteroatoms. The minimum Gasteiger partial charge on any atom is -0.447 e. The number of hydrogen-bond donors (Lipinski definition) is 0. The van der Waals surface area contributed by atoms with Crippen LogP contribution >= 0.6 is 0 Å². The van der Waals surface area contributed by atoms with Crippen LogP contribution in [0.4, 0.5) is 16.4 Å². The molecule has 4 heterocycles. The second-order valence-electron chi connectivity index (χ2n) is 7.82. The Morgan fingerprint density at radius 1 is 1.17 bits per heavy atom. The molecule has 2 amide bonds. The van der Waals surface area contributed by atoms with Crippen molar-refractivity contribution in [1.29, 1.82) is 0 Å². The molecule has 30 heavy (non-hydrogen) atoms. The molecule has 2 saturated heterocycles. The number of carbonyl (C=O) groups is 2. The summed E-state index contributed by atoms with van der Waals surface area (Å²) in [7, 11) is 0. The number of anilines is 2. The van der Waals surface area contributed by atoms with Crippen molar-refractivity contribution in [2.75, 3.05) is 42.6 Å². The average molecular weight is 409 g/mol. The maximum Gasteiger partial charge on any atom is 0.415 e. The quantitative estimate of drug-likeness (QED) is 0.773. The number of aryl methyl sites for hydroxylation is 2. The Balaban J connectivity index is 1.39. The van der Waals surface area contributed by atoms with Gasteiger partial charge in [0.25, 0.3) is 5.91 Å². The van der Waals surface area contributed by atoms with E-state index in [4.69, 9.17) is 4.74 Å². The van der Waals surface area contributed by atoms with Gasteiger partial charge in [-0.25, -0.2) is 14.8 Å². The van der Waals surface area contributed by atoms with Crippen LogP contribution in [0.25, 0.3) is 0 Å². The summed E-state index contributed by atoms with van der Waals surface area (Å²) in [6.07, 6.45) is 4.05. The van der Waals surface area contributed by atoms with Gasteiger partial charge in [-0.15, -0.1) is 0 Å². The molecule has 2 aromatic rings. The van der Waals surface area contributed by atoms with Crippen molar-refractivity contribution in [1.82, 2.24) is 14.9 Å². The fourth-order valence-corrected chi connectivity index (χ4v) is 3.94. The molecule has 0 bridgehead atoms. The van der Waals surface area contributed by atoms with Crippen molar-refractivity contribution in [3.05, 3.63) is 47.3 Å². The lowest BCUT2D eigenvalue weighted by Crippen LogP contribution is -2.49. The van der Waals surface area contributed by atoms with E-state index in [0.717, 1.165) is 25.3 Å². The van der Waals surface area contributed by atoms with Crippen molar-refractivity contribution >= 4 is 23.6 Å². The molecule has 2 fully saturated rings. The van der Waals surface area contributed by atoms with Crippen LogP contribution in [-0.2, 0) is 11.2 Å². The van der Waals surface area contributed by atoms with Gasteiger partial charge in [-0.1, -0.05) is 13.0 Å². The van der Waals surface area contributed by atoms with Crippen molar-refractivity contribution in [3.63, 3.8) is 0 Å². The molecule has 0 N–H and O–H groups in total. The lowest BCUT2D eigenvalue weighted by Gasteiger charge is -2.36. The third-order valence-electron chi connectivity index (χ3n) is 5.71. The van der Waals surface area contributed by atoms with Gasteiger partial charge < -0.3 is 14.5 Å². The summed E-state index contributed by atoms with van der Waals surface area (Å²) >= 11 is 0. The Kier molecular flexibility index (Phi) is 5.57. The lowest BCUT2D eigenvalue weighted by atomic mass is 10.1. The van der Waals surface area contributed by atoms with Gasteiger partial charge in [0.15, 0.2) is 0 Å². The van der Waals surface area contributed by atoms with Crippen LogP contribution in [0.5, 0.6) is 0 Å². The van der Waals surface area contributed by atoms with Gasteiger partial charge in [-0.3, -0.25) is 9.69 Å². The number of pyridine rings is 2. The second kappa shape index (κ2) is 8.30. The molecule has 0 radical (unpaired) electrons. The Bertz CT molecular complexity index is 938. The summed E-state index contributed by atoms with van der Waals surface area (Å²) < 4.78 is 5.03. The predicted octanol–water partition coefficient (Wildman–Crippen LogP) is 2.65. The number of hydrogen-bond acceptors (Lipinski definition) is 6. The van der Waals surface area contributed by atoms with E-state index in [-0.39, 0.29) is 11.9 Å². The highest BCUT2D eigenvalue weighted by Gasteiger charge is 2.32. The molecular formula is C22H27N5O3. The molecular weight excluding hydrogens is 382 g/mol. The minimum absolute atomic E-state index is 0.0447. The van der Waals surface area contributed by atoms with E-state index in [9.17, 15) is 9.59 Å². The van der Waals surface area contributed by atoms with Crippen LogP contribution in [0, 0.1) is 6.92 Å². The van der Waals surface area contributed by atoms with E-state index < -0.39 is 6.09 Å². The molecule has 8 nitrogen and oxygen atoms in total. The van der Waals surface area contributed by atoms with Gasteiger partial charge in [0.1, 0.15) is 18.2 Å². The molecule has 0 unspecified atom stereocenters. The first-order valence-electron chi connectivity index (χ1n) is 10.4. The van der Waals surface area contributed by atoms with Gasteiger partial charge in [-0.2, -0.15) is 0 Å². The predicted molar refractivity (Wildman–Crippen MR) is 114 cm³/mol. The van der Waals surface area contributed by atoms with Crippen molar-refractivity contribution in [3.8, 4) is 0 Å². The monoisotopic (exact) mass is 409 g/mol. The van der Waals surface area contributed by atoms with Gasteiger partial charge in [-0.05, 0) is 43.5 Å². The number of piperazine rings is 1. The summed E-state index contributed by atoms with van der Waals surface area (Å²) in [5.74, 6) is 1.46. The molecule has 158 valence electrons. The highest BCUT2D eigenvalue weighted by molar-refractivity contribution is 5.95. The SMILES string of the molecule is CCc1cnc(N2CCN(C(=O)c3ccc(N4C(=O)OC[C@H]4C)nc3)CC2)c(C)c1. The van der Waals surface area contributed by atoms with Crippen molar-refractivity contribution < 1.29 is 14.3 Å². The van der Waals surface area contributed by atoms with Crippen LogP contribution in [0.2, 0.25) is 0 Å². The molecule has 2 aliphatic heterocycles. The van der Waals surface area contributed by atoms with E-state index in [1.165, 1.54) is 22.2 Å². The Morgan fingerprint density at radius 3 is 2.50 bits per heavy atom. The normalized spacial score (nSPS) is 19.2. The molecule has 0 aliphatic carbocycles. The zero-order chi connectivity index (χ0) is 21.3. The number of rotatable bonds is 4. The van der Waals surface area contributed by atoms with Crippen LogP contribution in [-0.4, -0.2) is 65.7 Å². The molecule has 0 saturated carbocycles. The fraction of sp³-hybridized carbons (Fsp3) is 0.455. The fourth-order valence-electron chi connectivity index (χ4n) is 3.94. The van der Waals surface area contributed by atoms with E-state index >= 15 is 0 Å². The molecule has 1 atom stereocenters. The Labute approximate surface area is 176 Å². The largest absolute Gasteiger partial charge is 0.447 e. The van der Waals surface area contributed by atoms with Gasteiger partial charge in [0, 0.05) is 38.6 Å². The van der Waals surface area contributed by atoms with E-state index in [2.05, 4.69) is 34.8 Å². The maximum atomic E-state index is 12.9. The van der Waals surface area contributed by atoms with E-state index in [1.807, 2.05) is 18.0 Å². The average Bonchev–Trinajstić information content (AvgIpc) is 3.11. The van der Waals surface area contributed by atoms with Crippen LogP contribution < -0.4 is 9.80 Å². The van der Waals surface area contributed by atoms with E-state index in [1.54, 1.807) is 12.1 Å². The molecule has 2 aromatic heterocycles. The molecule has 4 rings (SSSR count). The summed E-state index contributed by atoms with van der Waals surface area (Å²) in [5, 5.41) is 0. The number of nitrogens with zero attached hydrogens (tertiary/aromatic N) is 5. The summed E-state index contributed by atoms with van der Waals surface area (Å²) in [4.78, 5) is 39.3. The Morgan fingerprint density at radius 2 is 1.93 bits per heavy atom. The third-order valence-corrected chi connectivity index (χ3v) is 5.71. The summed E-state index contributed by atoms with van der Waals surface area (Å²) in [6.45, 7) is 9.21. The van der Waals surface area contributed by atoms with Crippen LogP contribution in [0.1, 0.15) is 35.3 Å². The molecule has 0 aromatic carbocycles. The van der Waals surface area contributed by atoms with Gasteiger partial charge in [0.2, 0.25) is 0 Å². The standard InChI is InChI=1S/C22H27N5O3/c1-4-17-11-15(2)20(24-12-17)25-7-9-26(10-8-25)21(28)18-5-6-19(23-13-18)27-16(3)14-30-22(27)29/h5-6,11-13,16H,4,7-10,14H2,1-3H3/t16-/m1/s1. The molecule has 0 spiro atoms. The summed E-state index contributed by atoms with van der Waals surface area (Å²) in [5.41, 5.74) is 2.93. The van der Waals surface area contributed by atoms with E-state index in [0.29, 0.717) is 31.1 Å². The third kappa shape index (κ3) is 3.81. The van der Waals surface area contributed by atoms with Crippen molar-refractivity contribution in [2.45, 2.75) is 33.2 Å². The van der Waals surface area contributed by atoms with Crippen LogP contribution in [0.15, 0.2) is 30.6 Å². The maximum absolute atomic E-state index is 12.9. The van der Waals surface area contributed by atoms with Gasteiger partial charge >= 0.3 is 6.09 Å². The first kappa shape index (κ1) is 20.1. The topological polar surface area (TPSA) is 78.9 Å². The lowest BCUT2D eigenvalue weighted by molar-refractivity contribution is 0.0746. The molecule has 2 aliphatic rings.